The predicted octanol–water partition coefficient (Wildman–Crippen LogP) is 2.90. The van der Waals surface area contributed by atoms with E-state index in [1.54, 1.807) is 18.4 Å². The second-order valence-corrected chi connectivity index (χ2v) is 7.60. The molecule has 3 amide bonds. The highest BCUT2D eigenvalue weighted by Crippen LogP contribution is 2.31. The summed E-state index contributed by atoms with van der Waals surface area (Å²) in [4.78, 5) is 23.5. The molecular formula is C19H21N5O3S. The molecule has 0 radical (unpaired) electrons. The summed E-state index contributed by atoms with van der Waals surface area (Å²) in [5.74, 6) is 0.631. The lowest BCUT2D eigenvalue weighted by Crippen LogP contribution is -2.42. The number of urea groups is 1. The number of amides is 3. The molecule has 0 spiro atoms. The monoisotopic (exact) mass is 399 g/mol. The number of primary amides is 1. The van der Waals surface area contributed by atoms with Gasteiger partial charge in [0.05, 0.1) is 18.1 Å². The average Bonchev–Trinajstić information content (AvgIpc) is 3.29. The second-order valence-electron chi connectivity index (χ2n) is 6.49. The molecular weight excluding hydrogens is 378 g/mol. The van der Waals surface area contributed by atoms with Crippen molar-refractivity contribution >= 4 is 23.7 Å². The van der Waals surface area contributed by atoms with Crippen molar-refractivity contribution in [2.75, 3.05) is 0 Å². The van der Waals surface area contributed by atoms with Gasteiger partial charge in [0.15, 0.2) is 10.9 Å². The van der Waals surface area contributed by atoms with Gasteiger partial charge < -0.3 is 10.2 Å². The van der Waals surface area contributed by atoms with E-state index in [1.165, 1.54) is 11.8 Å². The van der Waals surface area contributed by atoms with E-state index in [-0.39, 0.29) is 5.92 Å². The number of aromatic nitrogens is 3. The topological polar surface area (TPSA) is 116 Å². The Kier molecular flexibility index (Phi) is 6.15. The van der Waals surface area contributed by atoms with Crippen LogP contribution in [0.5, 0.6) is 0 Å². The molecule has 3 aromatic rings. The van der Waals surface area contributed by atoms with E-state index in [0.29, 0.717) is 23.3 Å². The molecule has 146 valence electrons. The molecule has 1 atom stereocenters. The number of imide groups is 1. The summed E-state index contributed by atoms with van der Waals surface area (Å²) >= 11 is 1.24. The molecule has 8 nitrogen and oxygen atoms in total. The van der Waals surface area contributed by atoms with Crippen LogP contribution >= 0.6 is 11.8 Å². The lowest BCUT2D eigenvalue weighted by Gasteiger charge is -2.19. The van der Waals surface area contributed by atoms with Crippen molar-refractivity contribution in [1.29, 1.82) is 0 Å². The quantitative estimate of drug-likeness (QED) is 0.590. The molecule has 0 aliphatic carbocycles. The first-order chi connectivity index (χ1) is 13.5. The number of nitrogens with zero attached hydrogens (tertiary/aromatic N) is 3. The molecule has 0 bridgehead atoms. The van der Waals surface area contributed by atoms with Crippen molar-refractivity contribution in [2.45, 2.75) is 30.8 Å². The van der Waals surface area contributed by atoms with Crippen LogP contribution < -0.4 is 11.1 Å². The molecule has 0 saturated heterocycles. The summed E-state index contributed by atoms with van der Waals surface area (Å²) in [6.45, 7) is 4.29. The highest BCUT2D eigenvalue weighted by atomic mass is 32.2. The van der Waals surface area contributed by atoms with Gasteiger partial charge in [0.25, 0.3) is 0 Å². The van der Waals surface area contributed by atoms with Crippen LogP contribution in [0.15, 0.2) is 58.3 Å². The first-order valence-electron chi connectivity index (χ1n) is 8.73. The first-order valence-corrected chi connectivity index (χ1v) is 9.61. The molecule has 2 heterocycles. The van der Waals surface area contributed by atoms with Crippen molar-refractivity contribution in [2.24, 2.45) is 11.7 Å². The Morgan fingerprint density at radius 1 is 1.18 bits per heavy atom. The zero-order chi connectivity index (χ0) is 20.1. The standard InChI is InChI=1S/C19H21N5O3S/c1-12(2)15(17(25)21-18(20)26)28-19-23-22-16(14-9-6-10-27-14)24(19)11-13-7-4-3-5-8-13/h3-10,12,15H,11H2,1-2H3,(H3,20,21,25,26)/t15-/m1/s1. The lowest BCUT2D eigenvalue weighted by molar-refractivity contribution is -0.120. The van der Waals surface area contributed by atoms with Crippen LogP contribution in [0, 0.1) is 5.92 Å². The van der Waals surface area contributed by atoms with E-state index in [4.69, 9.17) is 10.2 Å². The van der Waals surface area contributed by atoms with Crippen LogP contribution in [0.4, 0.5) is 4.79 Å². The maximum atomic E-state index is 12.4. The maximum absolute atomic E-state index is 12.4. The third kappa shape index (κ3) is 4.61. The highest BCUT2D eigenvalue weighted by Gasteiger charge is 2.28. The summed E-state index contributed by atoms with van der Waals surface area (Å²) in [6.07, 6.45) is 1.57. The Morgan fingerprint density at radius 2 is 1.93 bits per heavy atom. The number of furan rings is 1. The fourth-order valence-electron chi connectivity index (χ4n) is 2.67. The van der Waals surface area contributed by atoms with Crippen LogP contribution in [0.2, 0.25) is 0 Å². The summed E-state index contributed by atoms with van der Waals surface area (Å²) < 4.78 is 7.39. The summed E-state index contributed by atoms with van der Waals surface area (Å²) in [7, 11) is 0. The van der Waals surface area contributed by atoms with Crippen molar-refractivity contribution < 1.29 is 14.0 Å². The number of nitrogens with one attached hydrogen (secondary N) is 1. The SMILES string of the molecule is CC(C)[C@@H](Sc1nnc(-c2ccco2)n1Cc1ccccc1)C(=O)NC(N)=O. The molecule has 1 aromatic carbocycles. The summed E-state index contributed by atoms with van der Waals surface area (Å²) in [5, 5.41) is 10.7. The molecule has 3 N–H and O–H groups in total. The van der Waals surface area contributed by atoms with Crippen molar-refractivity contribution in [3.63, 3.8) is 0 Å². The zero-order valence-corrected chi connectivity index (χ0v) is 16.3. The molecule has 9 heteroatoms. The van der Waals surface area contributed by atoms with Gasteiger partial charge in [0.2, 0.25) is 11.7 Å². The number of rotatable bonds is 7. The van der Waals surface area contributed by atoms with Crippen molar-refractivity contribution in [1.82, 2.24) is 20.1 Å². The fraction of sp³-hybridized carbons (Fsp3) is 0.263. The molecule has 0 fully saturated rings. The van der Waals surface area contributed by atoms with Gasteiger partial charge in [-0.05, 0) is 23.6 Å². The van der Waals surface area contributed by atoms with Crippen LogP contribution in [0.25, 0.3) is 11.6 Å². The molecule has 0 aliphatic heterocycles. The summed E-state index contributed by atoms with van der Waals surface area (Å²) in [5.41, 5.74) is 6.15. The van der Waals surface area contributed by atoms with E-state index >= 15 is 0 Å². The molecule has 3 rings (SSSR count). The zero-order valence-electron chi connectivity index (χ0n) is 15.5. The van der Waals surface area contributed by atoms with Gasteiger partial charge in [0.1, 0.15) is 0 Å². The van der Waals surface area contributed by atoms with E-state index < -0.39 is 17.2 Å². The van der Waals surface area contributed by atoms with Crippen LogP contribution in [0.3, 0.4) is 0 Å². The molecule has 28 heavy (non-hydrogen) atoms. The minimum atomic E-state index is -0.877. The Hall–Kier alpha value is -3.07. The van der Waals surface area contributed by atoms with Gasteiger partial charge in [-0.1, -0.05) is 55.9 Å². The lowest BCUT2D eigenvalue weighted by atomic mass is 10.1. The number of benzene rings is 1. The van der Waals surface area contributed by atoms with Crippen molar-refractivity contribution in [3.8, 4) is 11.6 Å². The minimum Gasteiger partial charge on any atom is -0.461 e. The molecule has 2 aromatic heterocycles. The van der Waals surface area contributed by atoms with Gasteiger partial charge in [-0.15, -0.1) is 10.2 Å². The second kappa shape index (κ2) is 8.75. The number of thioether (sulfide) groups is 1. The number of carbonyl (C=O) groups is 2. The van der Waals surface area contributed by atoms with E-state index in [1.807, 2.05) is 48.7 Å². The Bertz CT molecular complexity index is 938. The number of hydrogen-bond acceptors (Lipinski definition) is 6. The van der Waals surface area contributed by atoms with Crippen LogP contribution in [-0.2, 0) is 11.3 Å². The Morgan fingerprint density at radius 3 is 2.54 bits per heavy atom. The highest BCUT2D eigenvalue weighted by molar-refractivity contribution is 8.00. The van der Waals surface area contributed by atoms with E-state index in [9.17, 15) is 9.59 Å². The number of carbonyl (C=O) groups excluding carboxylic acids is 2. The number of hydrogen-bond donors (Lipinski definition) is 2. The van der Waals surface area contributed by atoms with E-state index in [0.717, 1.165) is 5.56 Å². The maximum Gasteiger partial charge on any atom is 0.318 e. The predicted molar refractivity (Wildman–Crippen MR) is 105 cm³/mol. The van der Waals surface area contributed by atoms with E-state index in [2.05, 4.69) is 15.5 Å². The number of nitrogens with two attached hydrogens (primary N) is 1. The van der Waals surface area contributed by atoms with Gasteiger partial charge >= 0.3 is 6.03 Å². The molecule has 0 saturated carbocycles. The molecule has 0 aliphatic rings. The minimum absolute atomic E-state index is 0.0571. The smallest absolute Gasteiger partial charge is 0.318 e. The van der Waals surface area contributed by atoms with Crippen LogP contribution in [-0.4, -0.2) is 32.0 Å². The van der Waals surface area contributed by atoms with Gasteiger partial charge in [-0.3, -0.25) is 14.7 Å². The fourth-order valence-corrected chi connectivity index (χ4v) is 3.70. The average molecular weight is 399 g/mol. The van der Waals surface area contributed by atoms with Crippen molar-refractivity contribution in [3.05, 3.63) is 54.3 Å². The molecule has 0 unspecified atom stereocenters. The third-order valence-electron chi connectivity index (χ3n) is 3.98. The van der Waals surface area contributed by atoms with Crippen LogP contribution in [0.1, 0.15) is 19.4 Å². The van der Waals surface area contributed by atoms with Gasteiger partial charge in [-0.2, -0.15) is 0 Å². The largest absolute Gasteiger partial charge is 0.461 e. The Balaban J connectivity index is 1.95. The Labute approximate surface area is 166 Å². The first kappa shape index (κ1) is 19.7. The third-order valence-corrected chi connectivity index (χ3v) is 5.51. The van der Waals surface area contributed by atoms with Gasteiger partial charge in [-0.25, -0.2) is 4.79 Å². The van der Waals surface area contributed by atoms with Gasteiger partial charge in [0, 0.05) is 0 Å². The summed E-state index contributed by atoms with van der Waals surface area (Å²) in [6, 6.07) is 12.6. The normalized spacial score (nSPS) is 12.1.